The van der Waals surface area contributed by atoms with Crippen molar-refractivity contribution >= 4 is 0 Å². The fraction of sp³-hybridized carbons (Fsp3) is 0.647. The van der Waals surface area contributed by atoms with Crippen LogP contribution in [0.15, 0.2) is 18.2 Å². The van der Waals surface area contributed by atoms with Crippen LogP contribution >= 0.6 is 0 Å². The van der Waals surface area contributed by atoms with Gasteiger partial charge in [0.25, 0.3) is 0 Å². The van der Waals surface area contributed by atoms with E-state index in [2.05, 4.69) is 31.3 Å². The standard InChI is InChI=1S/C17H29NO3/c1-5-9-18-14(4)15-7-8-17(13(3)10-15)21-12-16(19)11-20-6-2/h7-8,10,14,16,18-19H,5-6,9,11-12H2,1-4H3. The van der Waals surface area contributed by atoms with Crippen LogP contribution in [-0.2, 0) is 4.74 Å². The van der Waals surface area contributed by atoms with E-state index < -0.39 is 6.10 Å². The molecule has 1 aromatic rings. The van der Waals surface area contributed by atoms with Gasteiger partial charge < -0.3 is 19.9 Å². The molecule has 0 bridgehead atoms. The van der Waals surface area contributed by atoms with Gasteiger partial charge in [0.2, 0.25) is 0 Å². The summed E-state index contributed by atoms with van der Waals surface area (Å²) in [6.07, 6.45) is 0.538. The van der Waals surface area contributed by atoms with Crippen molar-refractivity contribution < 1.29 is 14.6 Å². The van der Waals surface area contributed by atoms with E-state index in [0.717, 1.165) is 24.3 Å². The van der Waals surface area contributed by atoms with Crippen LogP contribution in [0.2, 0.25) is 0 Å². The molecular formula is C17H29NO3. The summed E-state index contributed by atoms with van der Waals surface area (Å²) in [6, 6.07) is 6.52. The Hall–Kier alpha value is -1.10. The zero-order chi connectivity index (χ0) is 15.7. The normalized spacial score (nSPS) is 14.0. The number of nitrogens with one attached hydrogen (secondary N) is 1. The second kappa shape index (κ2) is 9.77. The first-order valence-electron chi connectivity index (χ1n) is 7.81. The lowest BCUT2D eigenvalue weighted by molar-refractivity contribution is 0.0163. The first kappa shape index (κ1) is 18.0. The Morgan fingerprint density at radius 1 is 1.24 bits per heavy atom. The van der Waals surface area contributed by atoms with Crippen molar-refractivity contribution in [3.8, 4) is 5.75 Å². The molecule has 0 radical (unpaired) electrons. The van der Waals surface area contributed by atoms with Gasteiger partial charge >= 0.3 is 0 Å². The number of rotatable bonds is 10. The molecule has 0 amide bonds. The number of aliphatic hydroxyl groups is 1. The highest BCUT2D eigenvalue weighted by Gasteiger charge is 2.09. The Labute approximate surface area is 128 Å². The number of ether oxygens (including phenoxy) is 2. The average molecular weight is 295 g/mol. The maximum absolute atomic E-state index is 9.71. The van der Waals surface area contributed by atoms with E-state index in [4.69, 9.17) is 9.47 Å². The molecular weight excluding hydrogens is 266 g/mol. The number of aryl methyl sites for hydroxylation is 1. The summed E-state index contributed by atoms with van der Waals surface area (Å²) in [5.41, 5.74) is 2.34. The van der Waals surface area contributed by atoms with E-state index in [1.807, 2.05) is 19.9 Å². The fourth-order valence-corrected chi connectivity index (χ4v) is 2.07. The van der Waals surface area contributed by atoms with Crippen molar-refractivity contribution in [2.75, 3.05) is 26.4 Å². The highest BCUT2D eigenvalue weighted by molar-refractivity contribution is 5.37. The molecule has 0 aliphatic rings. The smallest absolute Gasteiger partial charge is 0.122 e. The lowest BCUT2D eigenvalue weighted by Crippen LogP contribution is -2.23. The van der Waals surface area contributed by atoms with Gasteiger partial charge in [0.1, 0.15) is 18.5 Å². The molecule has 0 saturated carbocycles. The van der Waals surface area contributed by atoms with Gasteiger partial charge in [-0.2, -0.15) is 0 Å². The van der Waals surface area contributed by atoms with Crippen LogP contribution in [0, 0.1) is 6.92 Å². The highest BCUT2D eigenvalue weighted by atomic mass is 16.5. The second-order valence-electron chi connectivity index (χ2n) is 5.33. The number of aliphatic hydroxyl groups excluding tert-OH is 1. The van der Waals surface area contributed by atoms with Crippen LogP contribution in [0.5, 0.6) is 5.75 Å². The lowest BCUT2D eigenvalue weighted by atomic mass is 10.0. The number of hydrogen-bond donors (Lipinski definition) is 2. The molecule has 2 N–H and O–H groups in total. The molecule has 1 rings (SSSR count). The Kier molecular flexibility index (Phi) is 8.35. The van der Waals surface area contributed by atoms with Gasteiger partial charge in [-0.05, 0) is 50.9 Å². The highest BCUT2D eigenvalue weighted by Crippen LogP contribution is 2.23. The topological polar surface area (TPSA) is 50.7 Å². The van der Waals surface area contributed by atoms with E-state index in [1.165, 1.54) is 5.56 Å². The van der Waals surface area contributed by atoms with Crippen LogP contribution in [0.4, 0.5) is 0 Å². The van der Waals surface area contributed by atoms with Crippen LogP contribution < -0.4 is 10.1 Å². The van der Waals surface area contributed by atoms with Crippen molar-refractivity contribution in [3.63, 3.8) is 0 Å². The van der Waals surface area contributed by atoms with Crippen LogP contribution in [0.3, 0.4) is 0 Å². The zero-order valence-electron chi connectivity index (χ0n) is 13.7. The summed E-state index contributed by atoms with van der Waals surface area (Å²) in [5, 5.41) is 13.2. The van der Waals surface area contributed by atoms with Gasteiger partial charge in [-0.3, -0.25) is 0 Å². The molecule has 0 saturated heterocycles. The third-order valence-electron chi connectivity index (χ3n) is 3.35. The van der Waals surface area contributed by atoms with Crippen molar-refractivity contribution in [1.82, 2.24) is 5.32 Å². The predicted octanol–water partition coefficient (Wildman–Crippen LogP) is 2.83. The van der Waals surface area contributed by atoms with Crippen molar-refractivity contribution in [2.45, 2.75) is 46.3 Å². The quantitative estimate of drug-likeness (QED) is 0.697. The largest absolute Gasteiger partial charge is 0.491 e. The summed E-state index contributed by atoms with van der Waals surface area (Å²) in [5.74, 6) is 0.817. The van der Waals surface area contributed by atoms with E-state index in [9.17, 15) is 5.11 Å². The average Bonchev–Trinajstić information content (AvgIpc) is 2.49. The van der Waals surface area contributed by atoms with E-state index in [1.54, 1.807) is 0 Å². The van der Waals surface area contributed by atoms with Gasteiger partial charge in [0.15, 0.2) is 0 Å². The minimum Gasteiger partial charge on any atom is -0.491 e. The summed E-state index contributed by atoms with van der Waals surface area (Å²) >= 11 is 0. The van der Waals surface area contributed by atoms with Gasteiger partial charge in [-0.25, -0.2) is 0 Å². The Morgan fingerprint density at radius 3 is 2.62 bits per heavy atom. The van der Waals surface area contributed by atoms with Crippen molar-refractivity contribution in [3.05, 3.63) is 29.3 Å². The first-order chi connectivity index (χ1) is 10.1. The Bertz CT molecular complexity index is 409. The maximum atomic E-state index is 9.71. The van der Waals surface area contributed by atoms with Crippen molar-refractivity contribution in [1.29, 1.82) is 0 Å². The predicted molar refractivity (Wildman–Crippen MR) is 85.9 cm³/mol. The zero-order valence-corrected chi connectivity index (χ0v) is 13.7. The van der Waals surface area contributed by atoms with Crippen LogP contribution in [0.25, 0.3) is 0 Å². The van der Waals surface area contributed by atoms with Gasteiger partial charge in [0, 0.05) is 12.6 Å². The summed E-state index contributed by atoms with van der Waals surface area (Å²) < 4.78 is 10.8. The Morgan fingerprint density at radius 2 is 2.00 bits per heavy atom. The minimum atomic E-state index is -0.589. The molecule has 0 aromatic heterocycles. The van der Waals surface area contributed by atoms with Crippen molar-refractivity contribution in [2.24, 2.45) is 0 Å². The molecule has 0 fully saturated rings. The summed E-state index contributed by atoms with van der Waals surface area (Å²) in [7, 11) is 0. The molecule has 2 unspecified atom stereocenters. The molecule has 0 heterocycles. The Balaban J connectivity index is 2.53. The summed E-state index contributed by atoms with van der Waals surface area (Å²) in [6.45, 7) is 10.4. The molecule has 4 heteroatoms. The van der Waals surface area contributed by atoms with Gasteiger partial charge in [0.05, 0.1) is 6.61 Å². The number of hydrogen-bond acceptors (Lipinski definition) is 4. The minimum absolute atomic E-state index is 0.254. The molecule has 1 aromatic carbocycles. The van der Waals surface area contributed by atoms with E-state index >= 15 is 0 Å². The van der Waals surface area contributed by atoms with E-state index in [-0.39, 0.29) is 6.61 Å². The molecule has 2 atom stereocenters. The third-order valence-corrected chi connectivity index (χ3v) is 3.35. The molecule has 4 nitrogen and oxygen atoms in total. The number of benzene rings is 1. The molecule has 21 heavy (non-hydrogen) atoms. The molecule has 0 spiro atoms. The molecule has 0 aliphatic carbocycles. The SMILES string of the molecule is CCCNC(C)c1ccc(OCC(O)COCC)c(C)c1. The van der Waals surface area contributed by atoms with Crippen LogP contribution in [0.1, 0.15) is 44.4 Å². The van der Waals surface area contributed by atoms with Gasteiger partial charge in [-0.1, -0.05) is 19.1 Å². The summed E-state index contributed by atoms with van der Waals surface area (Å²) in [4.78, 5) is 0. The van der Waals surface area contributed by atoms with Crippen LogP contribution in [-0.4, -0.2) is 37.6 Å². The third kappa shape index (κ3) is 6.46. The maximum Gasteiger partial charge on any atom is 0.122 e. The van der Waals surface area contributed by atoms with Gasteiger partial charge in [-0.15, -0.1) is 0 Å². The van der Waals surface area contributed by atoms with E-state index in [0.29, 0.717) is 19.3 Å². The molecule has 120 valence electrons. The fourth-order valence-electron chi connectivity index (χ4n) is 2.07. The second-order valence-corrected chi connectivity index (χ2v) is 5.33. The first-order valence-corrected chi connectivity index (χ1v) is 7.81. The monoisotopic (exact) mass is 295 g/mol. The molecule has 0 aliphatic heterocycles. The lowest BCUT2D eigenvalue weighted by Gasteiger charge is -2.17.